The first-order valence-electron chi connectivity index (χ1n) is 8.64. The molecule has 12 heteroatoms. The van der Waals surface area contributed by atoms with Crippen molar-refractivity contribution < 1.29 is 28.8 Å². The van der Waals surface area contributed by atoms with E-state index in [2.05, 4.69) is 15.8 Å². The van der Waals surface area contributed by atoms with E-state index in [1.165, 1.54) is 37.1 Å². The SMILES string of the molecule is COc1ccc(NC(=O)C/C(C)=N\NC(=O)C(=O)N2CCOCC2)c([N+](=O)[O-])c1. The Morgan fingerprint density at radius 2 is 2.00 bits per heavy atom. The van der Waals surface area contributed by atoms with Gasteiger partial charge in [0, 0.05) is 18.8 Å². The Kier molecular flexibility index (Phi) is 7.60. The second-order valence-corrected chi connectivity index (χ2v) is 6.06. The summed E-state index contributed by atoms with van der Waals surface area (Å²) in [6, 6.07) is 4.01. The predicted octanol–water partition coefficient (Wildman–Crippen LogP) is 0.283. The topological polar surface area (TPSA) is 152 Å². The summed E-state index contributed by atoms with van der Waals surface area (Å²) in [6.07, 6.45) is -0.241. The van der Waals surface area contributed by atoms with E-state index in [1.54, 1.807) is 0 Å². The Morgan fingerprint density at radius 3 is 2.62 bits per heavy atom. The highest BCUT2D eigenvalue weighted by atomic mass is 16.6. The minimum atomic E-state index is -0.919. The Morgan fingerprint density at radius 1 is 1.31 bits per heavy atom. The summed E-state index contributed by atoms with van der Waals surface area (Å²) in [5.74, 6) is -1.95. The number of amides is 3. The lowest BCUT2D eigenvalue weighted by molar-refractivity contribution is -0.384. The number of nitro benzene ring substituents is 1. The number of ether oxygens (including phenoxy) is 2. The van der Waals surface area contributed by atoms with Crippen LogP contribution in [0.15, 0.2) is 23.3 Å². The Bertz CT molecular complexity index is 833. The van der Waals surface area contributed by atoms with Gasteiger partial charge in [0.1, 0.15) is 11.4 Å². The van der Waals surface area contributed by atoms with Crippen LogP contribution in [0.4, 0.5) is 11.4 Å². The summed E-state index contributed by atoms with van der Waals surface area (Å²) >= 11 is 0. The third-order valence-corrected chi connectivity index (χ3v) is 3.93. The molecule has 12 nitrogen and oxygen atoms in total. The monoisotopic (exact) mass is 407 g/mol. The maximum Gasteiger partial charge on any atom is 0.329 e. The molecule has 0 saturated carbocycles. The number of nitro groups is 1. The quantitative estimate of drug-likeness (QED) is 0.297. The zero-order valence-electron chi connectivity index (χ0n) is 16.0. The van der Waals surface area contributed by atoms with Crippen molar-refractivity contribution in [2.75, 3.05) is 38.7 Å². The number of nitrogens with one attached hydrogen (secondary N) is 2. The smallest absolute Gasteiger partial charge is 0.329 e. The molecule has 2 N–H and O–H groups in total. The van der Waals surface area contributed by atoms with Crippen molar-refractivity contribution in [1.29, 1.82) is 0 Å². The first-order chi connectivity index (χ1) is 13.8. The van der Waals surface area contributed by atoms with E-state index in [1.807, 2.05) is 0 Å². The summed E-state index contributed by atoms with van der Waals surface area (Å²) in [5, 5.41) is 17.3. The molecule has 0 aliphatic carbocycles. The molecule has 0 bridgehead atoms. The second kappa shape index (κ2) is 10.1. The van der Waals surface area contributed by atoms with E-state index in [9.17, 15) is 24.5 Å². The van der Waals surface area contributed by atoms with E-state index < -0.39 is 22.6 Å². The maximum absolute atomic E-state index is 12.1. The highest BCUT2D eigenvalue weighted by Crippen LogP contribution is 2.28. The molecule has 29 heavy (non-hydrogen) atoms. The number of hydrogen-bond acceptors (Lipinski definition) is 8. The van der Waals surface area contributed by atoms with Crippen LogP contribution in [0, 0.1) is 10.1 Å². The van der Waals surface area contributed by atoms with Crippen molar-refractivity contribution in [3.8, 4) is 5.75 Å². The molecule has 0 radical (unpaired) electrons. The number of anilines is 1. The number of hydrogen-bond donors (Lipinski definition) is 2. The summed E-state index contributed by atoms with van der Waals surface area (Å²) in [5.41, 5.74) is 1.99. The number of benzene rings is 1. The molecule has 1 aromatic carbocycles. The van der Waals surface area contributed by atoms with Gasteiger partial charge in [-0.3, -0.25) is 24.5 Å². The first kappa shape index (κ1) is 21.8. The molecule has 1 aliphatic rings. The van der Waals surface area contributed by atoms with Crippen LogP contribution in [0.5, 0.6) is 5.75 Å². The fourth-order valence-corrected chi connectivity index (χ4v) is 2.47. The van der Waals surface area contributed by atoms with E-state index in [-0.39, 0.29) is 29.3 Å². The van der Waals surface area contributed by atoms with Crippen LogP contribution >= 0.6 is 0 Å². The van der Waals surface area contributed by atoms with Gasteiger partial charge in [0.25, 0.3) is 5.69 Å². The van der Waals surface area contributed by atoms with Crippen molar-refractivity contribution in [2.45, 2.75) is 13.3 Å². The molecular weight excluding hydrogens is 386 g/mol. The van der Waals surface area contributed by atoms with Crippen LogP contribution in [0.3, 0.4) is 0 Å². The molecule has 0 unspecified atom stereocenters. The average molecular weight is 407 g/mol. The minimum Gasteiger partial charge on any atom is -0.496 e. The number of nitrogens with zero attached hydrogens (tertiary/aromatic N) is 3. The fraction of sp³-hybridized carbons (Fsp3) is 0.412. The van der Waals surface area contributed by atoms with Crippen LogP contribution in [-0.4, -0.2) is 66.7 Å². The molecule has 1 saturated heterocycles. The summed E-state index contributed by atoms with van der Waals surface area (Å²) < 4.78 is 10.0. The number of hydrazone groups is 1. The number of methoxy groups -OCH3 is 1. The minimum absolute atomic E-state index is 0.000121. The van der Waals surface area contributed by atoms with Gasteiger partial charge in [-0.25, -0.2) is 5.43 Å². The van der Waals surface area contributed by atoms with Crippen molar-refractivity contribution in [3.63, 3.8) is 0 Å². The van der Waals surface area contributed by atoms with Gasteiger partial charge in [0.05, 0.1) is 37.7 Å². The fourth-order valence-electron chi connectivity index (χ4n) is 2.47. The van der Waals surface area contributed by atoms with Crippen molar-refractivity contribution >= 4 is 34.8 Å². The Hall–Kier alpha value is -3.54. The molecule has 0 atom stereocenters. The van der Waals surface area contributed by atoms with Gasteiger partial charge in [-0.2, -0.15) is 5.10 Å². The normalized spacial score (nSPS) is 14.1. The Balaban J connectivity index is 1.92. The lowest BCUT2D eigenvalue weighted by Crippen LogP contribution is -2.47. The third kappa shape index (κ3) is 6.24. The average Bonchev–Trinajstić information content (AvgIpc) is 2.72. The number of morpholine rings is 1. The maximum atomic E-state index is 12.1. The highest BCUT2D eigenvalue weighted by molar-refractivity contribution is 6.35. The third-order valence-electron chi connectivity index (χ3n) is 3.93. The summed E-state index contributed by atoms with van der Waals surface area (Å²) in [6.45, 7) is 2.83. The zero-order chi connectivity index (χ0) is 21.4. The van der Waals surface area contributed by atoms with Gasteiger partial charge in [-0.15, -0.1) is 0 Å². The molecule has 156 valence electrons. The van der Waals surface area contributed by atoms with Crippen molar-refractivity contribution in [1.82, 2.24) is 10.3 Å². The van der Waals surface area contributed by atoms with Gasteiger partial charge < -0.3 is 19.7 Å². The standard InChI is InChI=1S/C17H21N5O7/c1-11(19-20-16(24)17(25)21-5-7-29-8-6-21)9-15(23)18-13-4-3-12(28-2)10-14(13)22(26)27/h3-4,10H,5-9H2,1-2H3,(H,18,23)(H,20,24)/b19-11-. The molecule has 0 spiro atoms. The second-order valence-electron chi connectivity index (χ2n) is 6.06. The van der Waals surface area contributed by atoms with E-state index in [4.69, 9.17) is 9.47 Å². The van der Waals surface area contributed by atoms with Crippen LogP contribution in [0.1, 0.15) is 13.3 Å². The molecule has 1 heterocycles. The summed E-state index contributed by atoms with van der Waals surface area (Å²) in [7, 11) is 1.37. The van der Waals surface area contributed by atoms with Gasteiger partial charge in [0.15, 0.2) is 0 Å². The van der Waals surface area contributed by atoms with E-state index >= 15 is 0 Å². The molecule has 0 aromatic heterocycles. The van der Waals surface area contributed by atoms with Crippen molar-refractivity contribution in [3.05, 3.63) is 28.3 Å². The highest BCUT2D eigenvalue weighted by Gasteiger charge is 2.23. The molecular formula is C17H21N5O7. The van der Waals surface area contributed by atoms with Crippen LogP contribution < -0.4 is 15.5 Å². The van der Waals surface area contributed by atoms with Gasteiger partial charge in [-0.05, 0) is 19.1 Å². The number of carbonyl (C=O) groups excluding carboxylic acids is 3. The number of carbonyl (C=O) groups is 3. The van der Waals surface area contributed by atoms with Crippen LogP contribution in [0.2, 0.25) is 0 Å². The Labute approximate surface area is 166 Å². The largest absolute Gasteiger partial charge is 0.496 e. The first-order valence-corrected chi connectivity index (χ1v) is 8.64. The molecule has 3 amide bonds. The van der Waals surface area contributed by atoms with Gasteiger partial charge in [0.2, 0.25) is 5.91 Å². The predicted molar refractivity (Wildman–Crippen MR) is 102 cm³/mol. The van der Waals surface area contributed by atoms with Crippen LogP contribution in [0.25, 0.3) is 0 Å². The molecule has 2 rings (SSSR count). The van der Waals surface area contributed by atoms with Crippen LogP contribution in [-0.2, 0) is 19.1 Å². The molecule has 1 aromatic rings. The lowest BCUT2D eigenvalue weighted by atomic mass is 10.2. The number of rotatable bonds is 6. The lowest BCUT2D eigenvalue weighted by Gasteiger charge is -2.25. The van der Waals surface area contributed by atoms with Crippen molar-refractivity contribution in [2.24, 2.45) is 5.10 Å². The van der Waals surface area contributed by atoms with E-state index in [0.29, 0.717) is 26.3 Å². The molecule has 1 fully saturated rings. The van der Waals surface area contributed by atoms with Gasteiger partial charge >= 0.3 is 11.8 Å². The van der Waals surface area contributed by atoms with E-state index in [0.717, 1.165) is 0 Å². The zero-order valence-corrected chi connectivity index (χ0v) is 16.0. The summed E-state index contributed by atoms with van der Waals surface area (Å²) in [4.78, 5) is 47.8. The molecule has 1 aliphatic heterocycles. The van der Waals surface area contributed by atoms with Gasteiger partial charge in [-0.1, -0.05) is 0 Å².